The molecular weight excluding hydrogens is 336 g/mol. The molecule has 24 heavy (non-hydrogen) atoms. The Labute approximate surface area is 140 Å². The predicted octanol–water partition coefficient (Wildman–Crippen LogP) is 1.47. The lowest BCUT2D eigenvalue weighted by Crippen LogP contribution is -2.21. The van der Waals surface area contributed by atoms with Crippen LogP contribution in [0.15, 0.2) is 30.3 Å². The van der Waals surface area contributed by atoms with Gasteiger partial charge in [0.1, 0.15) is 5.75 Å². The number of carbonyl (C=O) groups excluding carboxylic acids is 1. The lowest BCUT2D eigenvalue weighted by molar-refractivity contribution is -0.139. The third kappa shape index (κ3) is 4.31. The Bertz CT molecular complexity index is 769. The first-order valence-electron chi connectivity index (χ1n) is 6.72. The van der Waals surface area contributed by atoms with Crippen molar-refractivity contribution in [2.45, 2.75) is 0 Å². The van der Waals surface area contributed by atoms with E-state index in [0.717, 1.165) is 11.3 Å². The van der Waals surface area contributed by atoms with Crippen molar-refractivity contribution in [1.29, 1.82) is 0 Å². The average molecular weight is 350 g/mol. The van der Waals surface area contributed by atoms with Gasteiger partial charge in [-0.1, -0.05) is 12.1 Å². The second-order valence-corrected chi connectivity index (χ2v) is 5.67. The van der Waals surface area contributed by atoms with Crippen LogP contribution in [0.25, 0.3) is 10.4 Å². The van der Waals surface area contributed by atoms with E-state index in [1.807, 2.05) is 0 Å². The van der Waals surface area contributed by atoms with Gasteiger partial charge in [-0.05, 0) is 23.8 Å². The number of rotatable bonds is 7. The van der Waals surface area contributed by atoms with Crippen LogP contribution in [0, 0.1) is 0 Å². The molecule has 0 aliphatic carbocycles. The van der Waals surface area contributed by atoms with Crippen molar-refractivity contribution in [2.75, 3.05) is 18.5 Å². The molecule has 1 amide bonds. The zero-order chi connectivity index (χ0) is 17.7. The molecule has 0 saturated heterocycles. The maximum atomic E-state index is 11.2. The quantitative estimate of drug-likeness (QED) is 0.593. The van der Waals surface area contributed by atoms with E-state index in [4.69, 9.17) is 15.6 Å². The lowest BCUT2D eigenvalue weighted by atomic mass is 10.1. The fourth-order valence-electron chi connectivity index (χ4n) is 1.84. The molecule has 2 aromatic rings. The molecule has 1 aromatic heterocycles. The molecule has 5 N–H and O–H groups in total. The number of carbonyl (C=O) groups is 3. The first kappa shape index (κ1) is 17.4. The van der Waals surface area contributed by atoms with Crippen LogP contribution >= 0.6 is 11.3 Å². The molecule has 0 atom stereocenters. The summed E-state index contributed by atoms with van der Waals surface area (Å²) >= 11 is 0.972. The number of nitrogens with two attached hydrogens (primary N) is 1. The number of hydrogen-bond acceptors (Lipinski definition) is 6. The number of anilines is 1. The summed E-state index contributed by atoms with van der Waals surface area (Å²) in [6.07, 6.45) is 0. The molecule has 1 heterocycles. The van der Waals surface area contributed by atoms with Gasteiger partial charge in [0.15, 0.2) is 11.5 Å². The van der Waals surface area contributed by atoms with E-state index in [0.29, 0.717) is 16.1 Å². The van der Waals surface area contributed by atoms with Crippen molar-refractivity contribution in [3.8, 4) is 16.2 Å². The Balaban J connectivity index is 2.24. The number of carboxylic acid groups (broad SMARTS) is 2. The smallest absolute Gasteiger partial charge is 0.349 e. The minimum absolute atomic E-state index is 0.00501. The highest BCUT2D eigenvalue weighted by Gasteiger charge is 2.18. The largest absolute Gasteiger partial charge is 0.480 e. The third-order valence-corrected chi connectivity index (χ3v) is 4.04. The highest BCUT2D eigenvalue weighted by molar-refractivity contribution is 7.17. The second kappa shape index (κ2) is 7.57. The van der Waals surface area contributed by atoms with E-state index < -0.39 is 18.5 Å². The molecule has 0 aliphatic heterocycles. The summed E-state index contributed by atoms with van der Waals surface area (Å²) < 4.78 is 5.01. The van der Waals surface area contributed by atoms with Crippen molar-refractivity contribution in [3.05, 3.63) is 35.2 Å². The van der Waals surface area contributed by atoms with Gasteiger partial charge in [0.2, 0.25) is 5.91 Å². The first-order chi connectivity index (χ1) is 11.4. The number of carboxylic acids is 2. The Morgan fingerprint density at radius 1 is 1.17 bits per heavy atom. The van der Waals surface area contributed by atoms with E-state index in [9.17, 15) is 19.5 Å². The summed E-state index contributed by atoms with van der Waals surface area (Å²) in [7, 11) is 0. The Kier molecular flexibility index (Phi) is 5.51. The van der Waals surface area contributed by atoms with Gasteiger partial charge in [-0.15, -0.1) is 11.3 Å². The molecule has 2 rings (SSSR count). The molecule has 0 bridgehead atoms. The molecule has 0 spiro atoms. The Morgan fingerprint density at radius 2 is 1.83 bits per heavy atom. The topological polar surface area (TPSA) is 139 Å². The average Bonchev–Trinajstić information content (AvgIpc) is 2.98. The highest BCUT2D eigenvalue weighted by atomic mass is 32.1. The molecule has 0 saturated carbocycles. The number of amides is 1. The van der Waals surface area contributed by atoms with Crippen LogP contribution in [0.1, 0.15) is 9.67 Å². The number of aromatic carboxylic acids is 1. The van der Waals surface area contributed by atoms with Crippen LogP contribution in [-0.2, 0) is 9.59 Å². The van der Waals surface area contributed by atoms with Gasteiger partial charge in [-0.3, -0.25) is 4.79 Å². The van der Waals surface area contributed by atoms with Gasteiger partial charge in [-0.25, -0.2) is 9.59 Å². The number of aliphatic carboxylic acids is 1. The monoisotopic (exact) mass is 350 g/mol. The van der Waals surface area contributed by atoms with E-state index in [2.05, 4.69) is 5.32 Å². The minimum atomic E-state index is -1.20. The predicted molar refractivity (Wildman–Crippen MR) is 87.5 cm³/mol. The molecule has 0 fully saturated rings. The highest BCUT2D eigenvalue weighted by Crippen LogP contribution is 2.36. The minimum Gasteiger partial charge on any atom is -0.480 e. The van der Waals surface area contributed by atoms with Crippen LogP contribution in [0.4, 0.5) is 5.69 Å². The first-order valence-corrected chi connectivity index (χ1v) is 7.54. The Morgan fingerprint density at radius 3 is 2.38 bits per heavy atom. The van der Waals surface area contributed by atoms with Crippen molar-refractivity contribution in [3.63, 3.8) is 0 Å². The normalized spacial score (nSPS) is 10.2. The maximum Gasteiger partial charge on any atom is 0.349 e. The SMILES string of the molecule is NCC(=O)Nc1ccc(-c2cc(OCC(=O)O)c(C(=O)O)s2)cc1. The van der Waals surface area contributed by atoms with Crippen LogP contribution in [0.3, 0.4) is 0 Å². The van der Waals surface area contributed by atoms with Gasteiger partial charge in [0.25, 0.3) is 0 Å². The molecule has 1 aromatic carbocycles. The van der Waals surface area contributed by atoms with Crippen LogP contribution in [0.5, 0.6) is 5.75 Å². The maximum absolute atomic E-state index is 11.2. The zero-order valence-corrected chi connectivity index (χ0v) is 13.1. The standard InChI is InChI=1S/C15H14N2O6S/c16-6-12(18)17-9-3-1-8(2-4-9)11-5-10(23-7-13(19)20)14(24-11)15(21)22/h1-5H,6-7,16H2,(H,17,18)(H,19,20)(H,21,22). The van der Waals surface area contributed by atoms with Crippen molar-refractivity contribution >= 4 is 34.9 Å². The van der Waals surface area contributed by atoms with Gasteiger partial charge < -0.3 is 26.0 Å². The van der Waals surface area contributed by atoms with Gasteiger partial charge in [0.05, 0.1) is 6.54 Å². The van der Waals surface area contributed by atoms with Crippen LogP contribution < -0.4 is 15.8 Å². The summed E-state index contributed by atoms with van der Waals surface area (Å²) in [4.78, 5) is 33.6. The van der Waals surface area contributed by atoms with Crippen LogP contribution in [-0.4, -0.2) is 41.2 Å². The van der Waals surface area contributed by atoms with E-state index in [-0.39, 0.29) is 23.1 Å². The molecule has 0 aliphatic rings. The van der Waals surface area contributed by atoms with Gasteiger partial charge in [-0.2, -0.15) is 0 Å². The van der Waals surface area contributed by atoms with Crippen molar-refractivity contribution < 1.29 is 29.3 Å². The van der Waals surface area contributed by atoms with E-state index >= 15 is 0 Å². The fourth-order valence-corrected chi connectivity index (χ4v) is 2.79. The number of nitrogens with one attached hydrogen (secondary N) is 1. The molecule has 0 unspecified atom stereocenters. The number of hydrogen-bond donors (Lipinski definition) is 4. The lowest BCUT2D eigenvalue weighted by Gasteiger charge is -2.04. The van der Waals surface area contributed by atoms with Crippen LogP contribution in [0.2, 0.25) is 0 Å². The van der Waals surface area contributed by atoms with Crippen molar-refractivity contribution in [1.82, 2.24) is 0 Å². The van der Waals surface area contributed by atoms with E-state index in [1.165, 1.54) is 6.07 Å². The molecule has 8 nitrogen and oxygen atoms in total. The molecule has 126 valence electrons. The number of thiophene rings is 1. The fraction of sp³-hybridized carbons (Fsp3) is 0.133. The third-order valence-electron chi connectivity index (χ3n) is 2.88. The summed E-state index contributed by atoms with van der Waals surface area (Å²) in [5, 5.41) is 20.4. The van der Waals surface area contributed by atoms with E-state index in [1.54, 1.807) is 24.3 Å². The molecule has 0 radical (unpaired) electrons. The number of benzene rings is 1. The summed E-state index contributed by atoms with van der Waals surface area (Å²) in [5.74, 6) is -2.71. The van der Waals surface area contributed by atoms with Crippen molar-refractivity contribution in [2.24, 2.45) is 5.73 Å². The summed E-state index contributed by atoms with van der Waals surface area (Å²) in [5.41, 5.74) is 6.49. The second-order valence-electron chi connectivity index (χ2n) is 4.62. The Hall–Kier alpha value is -2.91. The van der Waals surface area contributed by atoms with Gasteiger partial charge >= 0.3 is 11.9 Å². The molecule has 9 heteroatoms. The summed E-state index contributed by atoms with van der Waals surface area (Å²) in [6.45, 7) is -0.751. The molecular formula is C15H14N2O6S. The summed E-state index contributed by atoms with van der Waals surface area (Å²) in [6, 6.07) is 8.18. The zero-order valence-electron chi connectivity index (χ0n) is 12.3. The van der Waals surface area contributed by atoms with Gasteiger partial charge in [0, 0.05) is 10.6 Å². The number of ether oxygens (including phenoxy) is 1.